The van der Waals surface area contributed by atoms with Crippen molar-refractivity contribution in [3.8, 4) is 5.75 Å². The molecule has 0 aliphatic carbocycles. The fourth-order valence-electron chi connectivity index (χ4n) is 2.70. The van der Waals surface area contributed by atoms with Gasteiger partial charge in [0.25, 0.3) is 0 Å². The molecule has 0 saturated carbocycles. The number of pyridine rings is 1. The Labute approximate surface area is 146 Å². The molecule has 1 aliphatic rings. The normalized spacial score (nSPS) is 16.6. The zero-order chi connectivity index (χ0) is 17.5. The van der Waals surface area contributed by atoms with Crippen LogP contribution in [-0.4, -0.2) is 30.2 Å². The van der Waals surface area contributed by atoms with Gasteiger partial charge >= 0.3 is 0 Å². The van der Waals surface area contributed by atoms with Crippen LogP contribution in [0.4, 0.5) is 10.1 Å². The van der Waals surface area contributed by atoms with Gasteiger partial charge in [0, 0.05) is 31.5 Å². The summed E-state index contributed by atoms with van der Waals surface area (Å²) >= 11 is 0. The summed E-state index contributed by atoms with van der Waals surface area (Å²) in [5, 5.41) is 2.73. The smallest absolute Gasteiger partial charge is 0.224 e. The van der Waals surface area contributed by atoms with Gasteiger partial charge in [-0.2, -0.15) is 0 Å². The van der Waals surface area contributed by atoms with Crippen LogP contribution in [0.5, 0.6) is 5.75 Å². The van der Waals surface area contributed by atoms with Crippen LogP contribution < -0.4 is 10.1 Å². The van der Waals surface area contributed by atoms with Gasteiger partial charge < -0.3 is 14.8 Å². The molecule has 0 spiro atoms. The third-order valence-electron chi connectivity index (χ3n) is 4.03. The van der Waals surface area contributed by atoms with Crippen molar-refractivity contribution in [1.29, 1.82) is 0 Å². The summed E-state index contributed by atoms with van der Waals surface area (Å²) in [5.74, 6) is -0.171. The number of hydrogen-bond acceptors (Lipinski definition) is 4. The molecule has 5 nitrogen and oxygen atoms in total. The zero-order valence-electron chi connectivity index (χ0n) is 13.9. The summed E-state index contributed by atoms with van der Waals surface area (Å²) in [7, 11) is 0. The quantitative estimate of drug-likeness (QED) is 0.837. The molecule has 0 radical (unpaired) electrons. The highest BCUT2D eigenvalue weighted by molar-refractivity contribution is 5.92. The molecule has 0 unspecified atom stereocenters. The number of amides is 1. The van der Waals surface area contributed by atoms with E-state index in [1.807, 2.05) is 12.1 Å². The standard InChI is InChI=1S/C19H21FN2O3/c20-15-6-7-18(25-13-16-4-2-10-24-16)17(11-15)22-19(23)8-5-14-3-1-9-21-12-14/h1,3,6-7,9,11-12,16H,2,4-5,8,10,13H2,(H,22,23)/t16-/m1/s1. The SMILES string of the molecule is O=C(CCc1cccnc1)Nc1cc(F)ccc1OC[C@H]1CCCO1. The minimum atomic E-state index is -0.424. The van der Waals surface area contributed by atoms with Crippen LogP contribution in [0, 0.1) is 5.82 Å². The van der Waals surface area contributed by atoms with E-state index in [1.54, 1.807) is 12.4 Å². The number of nitrogens with one attached hydrogen (secondary N) is 1. The Hall–Kier alpha value is -2.47. The molecule has 1 saturated heterocycles. The Morgan fingerprint density at radius 2 is 2.32 bits per heavy atom. The van der Waals surface area contributed by atoms with Gasteiger partial charge in [-0.1, -0.05) is 6.07 Å². The number of carbonyl (C=O) groups is 1. The minimum Gasteiger partial charge on any atom is -0.489 e. The van der Waals surface area contributed by atoms with Gasteiger partial charge in [0.05, 0.1) is 11.8 Å². The first-order valence-electron chi connectivity index (χ1n) is 8.43. The molecular weight excluding hydrogens is 323 g/mol. The second kappa shape index (κ2) is 8.58. The lowest BCUT2D eigenvalue weighted by Gasteiger charge is -2.15. The molecule has 1 fully saturated rings. The Kier molecular flexibility index (Phi) is 5.95. The minimum absolute atomic E-state index is 0.0548. The van der Waals surface area contributed by atoms with Crippen molar-refractivity contribution < 1.29 is 18.7 Å². The molecule has 3 rings (SSSR count). The first-order valence-corrected chi connectivity index (χ1v) is 8.43. The molecule has 1 amide bonds. The summed E-state index contributed by atoms with van der Waals surface area (Å²) in [5.41, 5.74) is 1.32. The lowest BCUT2D eigenvalue weighted by molar-refractivity contribution is -0.116. The average molecular weight is 344 g/mol. The first kappa shape index (κ1) is 17.4. The van der Waals surface area contributed by atoms with Crippen molar-refractivity contribution in [2.75, 3.05) is 18.5 Å². The van der Waals surface area contributed by atoms with E-state index in [1.165, 1.54) is 18.2 Å². The van der Waals surface area contributed by atoms with Gasteiger partial charge in [-0.3, -0.25) is 9.78 Å². The summed E-state index contributed by atoms with van der Waals surface area (Å²) in [6.45, 7) is 1.14. The Morgan fingerprint density at radius 1 is 1.40 bits per heavy atom. The first-order chi connectivity index (χ1) is 12.2. The van der Waals surface area contributed by atoms with Crippen molar-refractivity contribution >= 4 is 11.6 Å². The Bertz CT molecular complexity index is 703. The number of aromatic nitrogens is 1. The third-order valence-corrected chi connectivity index (χ3v) is 4.03. The van der Waals surface area contributed by atoms with Crippen LogP contribution in [0.15, 0.2) is 42.7 Å². The number of halogens is 1. The Balaban J connectivity index is 1.57. The molecule has 0 bridgehead atoms. The fraction of sp³-hybridized carbons (Fsp3) is 0.368. The maximum atomic E-state index is 13.5. The van der Waals surface area contributed by atoms with Crippen LogP contribution in [-0.2, 0) is 16.0 Å². The number of ether oxygens (including phenoxy) is 2. The van der Waals surface area contributed by atoms with E-state index >= 15 is 0 Å². The molecule has 25 heavy (non-hydrogen) atoms. The highest BCUT2D eigenvalue weighted by Crippen LogP contribution is 2.26. The summed E-state index contributed by atoms with van der Waals surface area (Å²) in [6.07, 6.45) is 6.30. The molecule has 132 valence electrons. The molecule has 1 aromatic heterocycles. The summed E-state index contributed by atoms with van der Waals surface area (Å²) < 4.78 is 24.8. The average Bonchev–Trinajstić information content (AvgIpc) is 3.14. The lowest BCUT2D eigenvalue weighted by Crippen LogP contribution is -2.18. The number of carbonyl (C=O) groups excluding carboxylic acids is 1. The Morgan fingerprint density at radius 3 is 3.08 bits per heavy atom. The van der Waals surface area contributed by atoms with Crippen LogP contribution >= 0.6 is 0 Å². The van der Waals surface area contributed by atoms with Gasteiger partial charge in [0.15, 0.2) is 0 Å². The van der Waals surface area contributed by atoms with Gasteiger partial charge in [-0.25, -0.2) is 4.39 Å². The zero-order valence-corrected chi connectivity index (χ0v) is 13.9. The summed E-state index contributed by atoms with van der Waals surface area (Å²) in [4.78, 5) is 16.2. The van der Waals surface area contributed by atoms with Gasteiger partial charge in [0.1, 0.15) is 18.2 Å². The molecule has 1 atom stereocenters. The van der Waals surface area contributed by atoms with E-state index in [9.17, 15) is 9.18 Å². The van der Waals surface area contributed by atoms with E-state index < -0.39 is 5.82 Å². The maximum absolute atomic E-state index is 13.5. The van der Waals surface area contributed by atoms with Crippen LogP contribution in [0.25, 0.3) is 0 Å². The van der Waals surface area contributed by atoms with Crippen LogP contribution in [0.1, 0.15) is 24.8 Å². The van der Waals surface area contributed by atoms with Crippen LogP contribution in [0.2, 0.25) is 0 Å². The van der Waals surface area contributed by atoms with Crippen molar-refractivity contribution in [3.05, 3.63) is 54.1 Å². The number of rotatable bonds is 7. The molecule has 1 N–H and O–H groups in total. The number of hydrogen-bond donors (Lipinski definition) is 1. The van der Waals surface area contributed by atoms with E-state index in [4.69, 9.17) is 9.47 Å². The second-order valence-electron chi connectivity index (χ2n) is 6.00. The molecule has 6 heteroatoms. The molecule has 2 heterocycles. The molecular formula is C19H21FN2O3. The fourth-order valence-corrected chi connectivity index (χ4v) is 2.70. The third kappa shape index (κ3) is 5.26. The van der Waals surface area contributed by atoms with Crippen LogP contribution in [0.3, 0.4) is 0 Å². The highest BCUT2D eigenvalue weighted by atomic mass is 19.1. The van der Waals surface area contributed by atoms with Crippen molar-refractivity contribution in [1.82, 2.24) is 4.98 Å². The van der Waals surface area contributed by atoms with Crippen molar-refractivity contribution in [3.63, 3.8) is 0 Å². The largest absolute Gasteiger partial charge is 0.489 e. The number of aryl methyl sites for hydroxylation is 1. The van der Waals surface area contributed by atoms with E-state index in [0.717, 1.165) is 25.0 Å². The van der Waals surface area contributed by atoms with Gasteiger partial charge in [0.2, 0.25) is 5.91 Å². The van der Waals surface area contributed by atoms with E-state index in [2.05, 4.69) is 10.3 Å². The van der Waals surface area contributed by atoms with E-state index in [0.29, 0.717) is 24.5 Å². The predicted molar refractivity (Wildman–Crippen MR) is 92.1 cm³/mol. The van der Waals surface area contributed by atoms with Crippen molar-refractivity contribution in [2.24, 2.45) is 0 Å². The number of nitrogens with zero attached hydrogens (tertiary/aromatic N) is 1. The predicted octanol–water partition coefficient (Wildman–Crippen LogP) is 3.35. The topological polar surface area (TPSA) is 60.5 Å². The lowest BCUT2D eigenvalue weighted by atomic mass is 10.1. The van der Waals surface area contributed by atoms with Gasteiger partial charge in [-0.05, 0) is 43.0 Å². The van der Waals surface area contributed by atoms with Crippen molar-refractivity contribution in [2.45, 2.75) is 31.8 Å². The molecule has 2 aromatic rings. The number of anilines is 1. The summed E-state index contributed by atoms with van der Waals surface area (Å²) in [6, 6.07) is 7.86. The second-order valence-corrected chi connectivity index (χ2v) is 6.00. The number of benzene rings is 1. The highest BCUT2D eigenvalue weighted by Gasteiger charge is 2.17. The molecule has 1 aliphatic heterocycles. The maximum Gasteiger partial charge on any atom is 0.224 e. The van der Waals surface area contributed by atoms with Gasteiger partial charge in [-0.15, -0.1) is 0 Å². The monoisotopic (exact) mass is 344 g/mol. The van der Waals surface area contributed by atoms with E-state index in [-0.39, 0.29) is 18.4 Å². The molecule has 1 aromatic carbocycles.